The standard InChI is InChI=1S/C21H22BrF3N2O2/c1-20(2,3)29-19(28)26-10-11-27(18-9-6-16(22)12-14(18)13-26)17-7-4-15(5-8-17)21(23,24)25/h4-9,12H,10-11,13H2,1-3H3. The Balaban J connectivity index is 1.94. The van der Waals surface area contributed by atoms with Crippen LogP contribution in [0.25, 0.3) is 0 Å². The van der Waals surface area contributed by atoms with Crippen molar-refractivity contribution < 1.29 is 22.7 Å². The number of benzene rings is 2. The van der Waals surface area contributed by atoms with Gasteiger partial charge >= 0.3 is 12.3 Å². The van der Waals surface area contributed by atoms with Gasteiger partial charge in [0.05, 0.1) is 12.1 Å². The second-order valence-electron chi connectivity index (χ2n) is 7.87. The molecule has 1 heterocycles. The van der Waals surface area contributed by atoms with Crippen molar-refractivity contribution in [2.45, 2.75) is 39.1 Å². The smallest absolute Gasteiger partial charge is 0.416 e. The van der Waals surface area contributed by atoms with Gasteiger partial charge in [0, 0.05) is 28.9 Å². The normalized spacial score (nSPS) is 15.0. The summed E-state index contributed by atoms with van der Waals surface area (Å²) in [6.07, 6.45) is -4.80. The van der Waals surface area contributed by atoms with Gasteiger partial charge in [-0.2, -0.15) is 13.2 Å². The number of hydrogen-bond acceptors (Lipinski definition) is 3. The van der Waals surface area contributed by atoms with Crippen LogP contribution in [0.15, 0.2) is 46.9 Å². The molecule has 8 heteroatoms. The lowest BCUT2D eigenvalue weighted by molar-refractivity contribution is -0.137. The topological polar surface area (TPSA) is 32.8 Å². The van der Waals surface area contributed by atoms with Crippen LogP contribution in [0.4, 0.5) is 29.3 Å². The molecule has 0 saturated carbocycles. The summed E-state index contributed by atoms with van der Waals surface area (Å²) < 4.78 is 45.1. The lowest BCUT2D eigenvalue weighted by atomic mass is 10.1. The van der Waals surface area contributed by atoms with E-state index in [2.05, 4.69) is 15.9 Å². The second kappa shape index (κ2) is 7.89. The molecule has 0 radical (unpaired) electrons. The van der Waals surface area contributed by atoms with Gasteiger partial charge in [-0.15, -0.1) is 0 Å². The van der Waals surface area contributed by atoms with Crippen LogP contribution < -0.4 is 4.90 Å². The number of halogens is 4. The van der Waals surface area contributed by atoms with Crippen LogP contribution in [0, 0.1) is 0 Å². The monoisotopic (exact) mass is 470 g/mol. The van der Waals surface area contributed by atoms with Crippen LogP contribution in [-0.2, 0) is 17.5 Å². The summed E-state index contributed by atoms with van der Waals surface area (Å²) in [5.74, 6) is 0. The van der Waals surface area contributed by atoms with Gasteiger partial charge in [0.15, 0.2) is 0 Å². The molecule has 0 saturated heterocycles. The number of alkyl halides is 3. The molecule has 0 spiro atoms. The Kier molecular flexibility index (Phi) is 5.85. The minimum absolute atomic E-state index is 0.348. The maximum atomic E-state index is 12.9. The van der Waals surface area contributed by atoms with Gasteiger partial charge in [0.2, 0.25) is 0 Å². The first-order valence-electron chi connectivity index (χ1n) is 9.15. The number of amides is 1. The van der Waals surface area contributed by atoms with E-state index in [0.29, 0.717) is 25.3 Å². The molecular formula is C21H22BrF3N2O2. The van der Waals surface area contributed by atoms with E-state index in [1.807, 2.05) is 43.9 Å². The first-order chi connectivity index (χ1) is 13.4. The third-order valence-electron chi connectivity index (χ3n) is 4.45. The average molecular weight is 471 g/mol. The number of fused-ring (bicyclic) bond motifs is 1. The zero-order valence-corrected chi connectivity index (χ0v) is 18.0. The summed E-state index contributed by atoms with van der Waals surface area (Å²) in [7, 11) is 0. The van der Waals surface area contributed by atoms with E-state index in [0.717, 1.165) is 27.9 Å². The zero-order valence-electron chi connectivity index (χ0n) is 16.4. The van der Waals surface area contributed by atoms with Gasteiger partial charge in [-0.3, -0.25) is 0 Å². The number of rotatable bonds is 1. The summed E-state index contributed by atoms with van der Waals surface area (Å²) >= 11 is 3.45. The van der Waals surface area contributed by atoms with Crippen molar-refractivity contribution in [3.8, 4) is 0 Å². The number of anilines is 2. The van der Waals surface area contributed by atoms with Crippen LogP contribution >= 0.6 is 15.9 Å². The molecule has 0 bridgehead atoms. The quantitative estimate of drug-likeness (QED) is 0.486. The average Bonchev–Trinajstić information content (AvgIpc) is 2.79. The van der Waals surface area contributed by atoms with Crippen molar-refractivity contribution in [2.24, 2.45) is 0 Å². The highest BCUT2D eigenvalue weighted by Crippen LogP contribution is 2.36. The molecular weight excluding hydrogens is 449 g/mol. The fraction of sp³-hybridized carbons (Fsp3) is 0.381. The maximum Gasteiger partial charge on any atom is 0.416 e. The molecule has 0 fully saturated rings. The fourth-order valence-corrected chi connectivity index (χ4v) is 3.56. The molecule has 0 atom stereocenters. The number of carbonyl (C=O) groups excluding carboxylic acids is 1. The van der Waals surface area contributed by atoms with Crippen molar-refractivity contribution in [2.75, 3.05) is 18.0 Å². The third kappa shape index (κ3) is 5.23. The molecule has 2 aromatic rings. The predicted octanol–water partition coefficient (Wildman–Crippen LogP) is 6.36. The molecule has 29 heavy (non-hydrogen) atoms. The molecule has 0 N–H and O–H groups in total. The highest BCUT2D eigenvalue weighted by molar-refractivity contribution is 9.10. The van der Waals surface area contributed by atoms with Gasteiger partial charge in [0.1, 0.15) is 5.60 Å². The van der Waals surface area contributed by atoms with Crippen LogP contribution in [0.1, 0.15) is 31.9 Å². The van der Waals surface area contributed by atoms with Crippen LogP contribution in [0.3, 0.4) is 0 Å². The van der Waals surface area contributed by atoms with Crippen molar-refractivity contribution in [3.05, 3.63) is 58.1 Å². The van der Waals surface area contributed by atoms with Crippen LogP contribution in [0.5, 0.6) is 0 Å². The molecule has 4 nitrogen and oxygen atoms in total. The minimum atomic E-state index is -4.38. The Labute approximate surface area is 176 Å². The molecule has 1 aliphatic heterocycles. The largest absolute Gasteiger partial charge is 0.444 e. The summed E-state index contributed by atoms with van der Waals surface area (Å²) in [6.45, 7) is 6.58. The highest BCUT2D eigenvalue weighted by Gasteiger charge is 2.31. The van der Waals surface area contributed by atoms with Gasteiger partial charge < -0.3 is 14.5 Å². The SMILES string of the molecule is CC(C)(C)OC(=O)N1CCN(c2ccc(C(F)(F)F)cc2)c2ccc(Br)cc2C1. The summed E-state index contributed by atoms with van der Waals surface area (Å²) in [4.78, 5) is 16.1. The molecule has 0 aromatic heterocycles. The number of ether oxygens (including phenoxy) is 1. The molecule has 0 unspecified atom stereocenters. The Morgan fingerprint density at radius 1 is 1.03 bits per heavy atom. The van der Waals surface area contributed by atoms with E-state index in [1.165, 1.54) is 12.1 Å². The van der Waals surface area contributed by atoms with Gasteiger partial charge in [0.25, 0.3) is 0 Å². The molecule has 3 rings (SSSR count). The minimum Gasteiger partial charge on any atom is -0.444 e. The number of hydrogen-bond donors (Lipinski definition) is 0. The van der Waals surface area contributed by atoms with E-state index < -0.39 is 23.4 Å². The van der Waals surface area contributed by atoms with Gasteiger partial charge in [-0.1, -0.05) is 15.9 Å². The van der Waals surface area contributed by atoms with E-state index in [1.54, 1.807) is 4.90 Å². The third-order valence-corrected chi connectivity index (χ3v) is 4.94. The molecule has 1 aliphatic rings. The first kappa shape index (κ1) is 21.5. The molecule has 1 amide bonds. The molecule has 156 valence electrons. The van der Waals surface area contributed by atoms with Crippen molar-refractivity contribution in [3.63, 3.8) is 0 Å². The first-order valence-corrected chi connectivity index (χ1v) is 9.94. The van der Waals surface area contributed by atoms with Crippen molar-refractivity contribution in [1.82, 2.24) is 4.90 Å². The summed E-state index contributed by atoms with van der Waals surface area (Å²) in [6, 6.07) is 10.7. The van der Waals surface area contributed by atoms with E-state index in [-0.39, 0.29) is 0 Å². The Morgan fingerprint density at radius 2 is 1.69 bits per heavy atom. The van der Waals surface area contributed by atoms with Crippen LogP contribution in [0.2, 0.25) is 0 Å². The summed E-state index contributed by atoms with van der Waals surface area (Å²) in [5, 5.41) is 0. The number of nitrogens with zero attached hydrogens (tertiary/aromatic N) is 2. The second-order valence-corrected chi connectivity index (χ2v) is 8.79. The zero-order chi connectivity index (χ0) is 21.4. The van der Waals surface area contributed by atoms with E-state index in [4.69, 9.17) is 4.74 Å². The highest BCUT2D eigenvalue weighted by atomic mass is 79.9. The van der Waals surface area contributed by atoms with Gasteiger partial charge in [-0.25, -0.2) is 4.79 Å². The predicted molar refractivity (Wildman–Crippen MR) is 109 cm³/mol. The lowest BCUT2D eigenvalue weighted by Crippen LogP contribution is -2.38. The molecule has 0 aliphatic carbocycles. The van der Waals surface area contributed by atoms with Crippen molar-refractivity contribution >= 4 is 33.4 Å². The van der Waals surface area contributed by atoms with E-state index >= 15 is 0 Å². The maximum absolute atomic E-state index is 12.9. The Bertz CT molecular complexity index is 892. The fourth-order valence-electron chi connectivity index (χ4n) is 3.15. The summed E-state index contributed by atoms with van der Waals surface area (Å²) in [5.41, 5.74) is 1.05. The van der Waals surface area contributed by atoms with Gasteiger partial charge in [-0.05, 0) is 68.8 Å². The van der Waals surface area contributed by atoms with E-state index in [9.17, 15) is 18.0 Å². The Morgan fingerprint density at radius 3 is 2.28 bits per heavy atom. The molecule has 2 aromatic carbocycles. The van der Waals surface area contributed by atoms with Crippen LogP contribution in [-0.4, -0.2) is 29.7 Å². The van der Waals surface area contributed by atoms with Crippen molar-refractivity contribution in [1.29, 1.82) is 0 Å². The Hall–Kier alpha value is -2.22. The number of carbonyl (C=O) groups is 1. The lowest BCUT2D eigenvalue weighted by Gasteiger charge is -2.27.